The first kappa shape index (κ1) is 13.6. The van der Waals surface area contributed by atoms with Gasteiger partial charge >= 0.3 is 5.69 Å². The van der Waals surface area contributed by atoms with Gasteiger partial charge in [-0.05, 0) is 24.8 Å². The van der Waals surface area contributed by atoms with Crippen LogP contribution in [0.5, 0.6) is 0 Å². The number of aromatic nitrogens is 1. The third-order valence-corrected chi connectivity index (χ3v) is 3.65. The molecule has 0 atom stereocenters. The maximum absolute atomic E-state index is 10.9. The Balaban J connectivity index is 1.84. The van der Waals surface area contributed by atoms with Gasteiger partial charge in [0.15, 0.2) is 0 Å². The standard InChI is InChI=1S/C13H20N4O2/c14-12-8-7-11(17(18)19)13(16-12)15-9-3-6-10-4-1-2-5-10/h7-8,10H,1-6,9H2,(H3,14,15,16). The molecular weight excluding hydrogens is 244 g/mol. The van der Waals surface area contributed by atoms with Crippen LogP contribution in [0.25, 0.3) is 0 Å². The van der Waals surface area contributed by atoms with Crippen LogP contribution < -0.4 is 11.1 Å². The van der Waals surface area contributed by atoms with Gasteiger partial charge in [0, 0.05) is 12.6 Å². The average Bonchev–Trinajstić information content (AvgIpc) is 2.87. The molecule has 1 aliphatic rings. The van der Waals surface area contributed by atoms with Gasteiger partial charge in [-0.1, -0.05) is 25.7 Å². The molecule has 2 rings (SSSR count). The summed E-state index contributed by atoms with van der Waals surface area (Å²) in [7, 11) is 0. The second kappa shape index (κ2) is 6.36. The van der Waals surface area contributed by atoms with E-state index in [1.165, 1.54) is 44.2 Å². The maximum Gasteiger partial charge on any atom is 0.311 e. The minimum absolute atomic E-state index is 0.0185. The van der Waals surface area contributed by atoms with Crippen LogP contribution in [0.3, 0.4) is 0 Å². The fraction of sp³-hybridized carbons (Fsp3) is 0.615. The normalized spacial score (nSPS) is 15.6. The van der Waals surface area contributed by atoms with Crippen molar-refractivity contribution in [1.82, 2.24) is 4.98 Å². The van der Waals surface area contributed by atoms with Crippen LogP contribution in [0.1, 0.15) is 38.5 Å². The van der Waals surface area contributed by atoms with E-state index in [-0.39, 0.29) is 11.5 Å². The predicted octanol–water partition coefficient (Wildman–Crippen LogP) is 2.95. The molecule has 3 N–H and O–H groups in total. The van der Waals surface area contributed by atoms with Gasteiger partial charge in [-0.25, -0.2) is 4.98 Å². The zero-order chi connectivity index (χ0) is 13.7. The van der Waals surface area contributed by atoms with E-state index in [9.17, 15) is 10.1 Å². The first-order valence-electron chi connectivity index (χ1n) is 6.81. The van der Waals surface area contributed by atoms with E-state index in [0.717, 1.165) is 12.3 Å². The van der Waals surface area contributed by atoms with Crippen LogP contribution >= 0.6 is 0 Å². The highest BCUT2D eigenvalue weighted by atomic mass is 16.6. The third-order valence-electron chi connectivity index (χ3n) is 3.65. The van der Waals surface area contributed by atoms with Crippen molar-refractivity contribution < 1.29 is 4.92 Å². The number of nitrogens with zero attached hydrogens (tertiary/aromatic N) is 2. The molecule has 1 heterocycles. The summed E-state index contributed by atoms with van der Waals surface area (Å²) in [6.07, 6.45) is 7.55. The molecule has 104 valence electrons. The quantitative estimate of drug-likeness (QED) is 0.468. The molecular formula is C13H20N4O2. The van der Waals surface area contributed by atoms with Gasteiger partial charge in [-0.3, -0.25) is 10.1 Å². The van der Waals surface area contributed by atoms with Crippen molar-refractivity contribution in [2.75, 3.05) is 17.6 Å². The number of nitrogens with two attached hydrogens (primary N) is 1. The number of pyridine rings is 1. The SMILES string of the molecule is Nc1ccc([N+](=O)[O-])c(NCCCC2CCCC2)n1. The Bertz CT molecular complexity index is 444. The predicted molar refractivity (Wildman–Crippen MR) is 75.0 cm³/mol. The van der Waals surface area contributed by atoms with E-state index < -0.39 is 4.92 Å². The molecule has 1 aromatic heterocycles. The van der Waals surface area contributed by atoms with Crippen LogP contribution in [0.2, 0.25) is 0 Å². The van der Waals surface area contributed by atoms with Gasteiger partial charge in [0.2, 0.25) is 5.82 Å². The molecule has 1 aliphatic carbocycles. The molecule has 0 unspecified atom stereocenters. The first-order chi connectivity index (χ1) is 9.16. The van der Waals surface area contributed by atoms with Gasteiger partial charge < -0.3 is 11.1 Å². The lowest BCUT2D eigenvalue weighted by Gasteiger charge is -2.10. The lowest BCUT2D eigenvalue weighted by molar-refractivity contribution is -0.384. The van der Waals surface area contributed by atoms with Crippen molar-refractivity contribution in [1.29, 1.82) is 0 Å². The van der Waals surface area contributed by atoms with Crippen molar-refractivity contribution in [2.24, 2.45) is 5.92 Å². The maximum atomic E-state index is 10.9. The molecule has 0 saturated heterocycles. The van der Waals surface area contributed by atoms with Crippen molar-refractivity contribution in [3.8, 4) is 0 Å². The monoisotopic (exact) mass is 264 g/mol. The van der Waals surface area contributed by atoms with E-state index in [0.29, 0.717) is 12.4 Å². The Hall–Kier alpha value is -1.85. The smallest absolute Gasteiger partial charge is 0.311 e. The van der Waals surface area contributed by atoms with Crippen LogP contribution in [-0.2, 0) is 0 Å². The zero-order valence-corrected chi connectivity index (χ0v) is 11.0. The molecule has 1 saturated carbocycles. The van der Waals surface area contributed by atoms with Crippen molar-refractivity contribution in [2.45, 2.75) is 38.5 Å². The second-order valence-corrected chi connectivity index (χ2v) is 5.08. The summed E-state index contributed by atoms with van der Waals surface area (Å²) < 4.78 is 0. The molecule has 0 amide bonds. The molecule has 1 fully saturated rings. The van der Waals surface area contributed by atoms with E-state index in [1.807, 2.05) is 0 Å². The van der Waals surface area contributed by atoms with Crippen LogP contribution in [0, 0.1) is 16.0 Å². The van der Waals surface area contributed by atoms with Crippen molar-refractivity contribution in [3.63, 3.8) is 0 Å². The van der Waals surface area contributed by atoms with Crippen LogP contribution in [0.4, 0.5) is 17.3 Å². The number of nitrogen functional groups attached to an aromatic ring is 1. The number of anilines is 2. The summed E-state index contributed by atoms with van der Waals surface area (Å²) in [6, 6.07) is 2.84. The van der Waals surface area contributed by atoms with Crippen molar-refractivity contribution >= 4 is 17.3 Å². The molecule has 0 aromatic carbocycles. The lowest BCUT2D eigenvalue weighted by atomic mass is 10.0. The highest BCUT2D eigenvalue weighted by Gasteiger charge is 2.16. The summed E-state index contributed by atoms with van der Waals surface area (Å²) in [5.41, 5.74) is 5.54. The molecule has 0 radical (unpaired) electrons. The Morgan fingerprint density at radius 2 is 2.16 bits per heavy atom. The Morgan fingerprint density at radius 3 is 2.84 bits per heavy atom. The molecule has 0 bridgehead atoms. The number of hydrogen-bond donors (Lipinski definition) is 2. The topological polar surface area (TPSA) is 94.1 Å². The molecule has 6 nitrogen and oxygen atoms in total. The van der Waals surface area contributed by atoms with Gasteiger partial charge in [0.1, 0.15) is 5.82 Å². The minimum Gasteiger partial charge on any atom is -0.384 e. The highest BCUT2D eigenvalue weighted by Crippen LogP contribution is 2.28. The summed E-state index contributed by atoms with van der Waals surface area (Å²) in [5.74, 6) is 1.41. The van der Waals surface area contributed by atoms with E-state index in [4.69, 9.17) is 5.73 Å². The fourth-order valence-electron chi connectivity index (χ4n) is 2.64. The number of rotatable bonds is 6. The van der Waals surface area contributed by atoms with Gasteiger partial charge in [0.05, 0.1) is 4.92 Å². The van der Waals surface area contributed by atoms with Gasteiger partial charge in [-0.15, -0.1) is 0 Å². The molecule has 0 aliphatic heterocycles. The van der Waals surface area contributed by atoms with E-state index >= 15 is 0 Å². The van der Waals surface area contributed by atoms with E-state index in [1.54, 1.807) is 0 Å². The Labute approximate surface area is 112 Å². The zero-order valence-electron chi connectivity index (χ0n) is 11.0. The first-order valence-corrected chi connectivity index (χ1v) is 6.81. The molecule has 1 aromatic rings. The third kappa shape index (κ3) is 3.81. The summed E-state index contributed by atoms with van der Waals surface area (Å²) in [6.45, 7) is 0.702. The Kier molecular flexibility index (Phi) is 4.54. The van der Waals surface area contributed by atoms with Gasteiger partial charge in [-0.2, -0.15) is 0 Å². The molecule has 6 heteroatoms. The Morgan fingerprint density at radius 1 is 1.42 bits per heavy atom. The number of nitro groups is 1. The van der Waals surface area contributed by atoms with Gasteiger partial charge in [0.25, 0.3) is 0 Å². The van der Waals surface area contributed by atoms with Crippen LogP contribution in [-0.4, -0.2) is 16.5 Å². The fourth-order valence-corrected chi connectivity index (χ4v) is 2.64. The molecule has 0 spiro atoms. The van der Waals surface area contributed by atoms with Crippen LogP contribution in [0.15, 0.2) is 12.1 Å². The number of nitrogens with one attached hydrogen (secondary N) is 1. The molecule has 19 heavy (non-hydrogen) atoms. The second-order valence-electron chi connectivity index (χ2n) is 5.08. The minimum atomic E-state index is -0.439. The average molecular weight is 264 g/mol. The highest BCUT2D eigenvalue weighted by molar-refractivity contribution is 5.59. The number of hydrogen-bond acceptors (Lipinski definition) is 5. The lowest BCUT2D eigenvalue weighted by Crippen LogP contribution is -2.08. The largest absolute Gasteiger partial charge is 0.384 e. The summed E-state index contributed by atoms with van der Waals surface area (Å²) in [4.78, 5) is 14.4. The van der Waals surface area contributed by atoms with Crippen molar-refractivity contribution in [3.05, 3.63) is 22.2 Å². The summed E-state index contributed by atoms with van der Waals surface area (Å²) >= 11 is 0. The van der Waals surface area contributed by atoms with E-state index in [2.05, 4.69) is 10.3 Å². The summed E-state index contributed by atoms with van der Waals surface area (Å²) in [5, 5.41) is 13.9.